The molecule has 3 aromatic rings. The predicted octanol–water partition coefficient (Wildman–Crippen LogP) is 4.27. The summed E-state index contributed by atoms with van der Waals surface area (Å²) in [6, 6.07) is 13.3. The molecular weight excluding hydrogens is 331 g/mol. The largest absolute Gasteiger partial charge is 0.390 e. The van der Waals surface area contributed by atoms with Crippen molar-refractivity contribution in [2.75, 3.05) is 11.9 Å². The van der Waals surface area contributed by atoms with Crippen LogP contribution in [0.25, 0.3) is 10.8 Å². The fourth-order valence-electron chi connectivity index (χ4n) is 2.64. The minimum Gasteiger partial charge on any atom is -0.311 e. The standard InChI is InChI=1S/C18H16F3N3O/c1-23(16-8-4-6-13-5-2-3-7-15(13)16)17(25)14-11-22-24(12-14)10-9-18(19,20)21/h2-8,11-12H,9-10H2,1H3. The first-order valence-corrected chi connectivity index (χ1v) is 7.70. The topological polar surface area (TPSA) is 38.1 Å². The van der Waals surface area contributed by atoms with Crippen LogP contribution in [-0.2, 0) is 6.54 Å². The number of amides is 1. The SMILES string of the molecule is CN(C(=O)c1cnn(CCC(F)(F)F)c1)c1cccc2ccccc12. The Balaban J connectivity index is 1.82. The van der Waals surface area contributed by atoms with E-state index >= 15 is 0 Å². The van der Waals surface area contributed by atoms with E-state index in [1.807, 2.05) is 42.5 Å². The van der Waals surface area contributed by atoms with Gasteiger partial charge in [-0.25, -0.2) is 0 Å². The smallest absolute Gasteiger partial charge is 0.311 e. The van der Waals surface area contributed by atoms with E-state index in [0.717, 1.165) is 21.1 Å². The van der Waals surface area contributed by atoms with Crippen molar-refractivity contribution >= 4 is 22.4 Å². The van der Waals surface area contributed by atoms with Crippen LogP contribution in [0.4, 0.5) is 18.9 Å². The third kappa shape index (κ3) is 3.81. The van der Waals surface area contributed by atoms with Gasteiger partial charge >= 0.3 is 6.18 Å². The molecule has 2 aromatic carbocycles. The van der Waals surface area contributed by atoms with Gasteiger partial charge < -0.3 is 4.90 Å². The Bertz CT molecular complexity index is 896. The zero-order valence-electron chi connectivity index (χ0n) is 13.5. The number of aromatic nitrogens is 2. The molecular formula is C18H16F3N3O. The molecule has 1 amide bonds. The molecule has 130 valence electrons. The van der Waals surface area contributed by atoms with Crippen molar-refractivity contribution in [3.05, 3.63) is 60.4 Å². The summed E-state index contributed by atoms with van der Waals surface area (Å²) < 4.78 is 38.0. The summed E-state index contributed by atoms with van der Waals surface area (Å²) in [5.41, 5.74) is 0.976. The van der Waals surface area contributed by atoms with Gasteiger partial charge in [-0.1, -0.05) is 36.4 Å². The number of aryl methyl sites for hydroxylation is 1. The summed E-state index contributed by atoms with van der Waals surface area (Å²) in [6.07, 6.45) is -2.60. The molecule has 0 radical (unpaired) electrons. The number of halogens is 3. The van der Waals surface area contributed by atoms with Crippen LogP contribution in [0.5, 0.6) is 0 Å². The molecule has 0 saturated heterocycles. The summed E-state index contributed by atoms with van der Waals surface area (Å²) in [5, 5.41) is 5.77. The second kappa shape index (κ2) is 6.58. The lowest BCUT2D eigenvalue weighted by atomic mass is 10.1. The van der Waals surface area contributed by atoms with Crippen molar-refractivity contribution in [2.24, 2.45) is 0 Å². The predicted molar refractivity (Wildman–Crippen MR) is 89.6 cm³/mol. The van der Waals surface area contributed by atoms with Crippen LogP contribution < -0.4 is 4.90 Å². The zero-order chi connectivity index (χ0) is 18.0. The Kier molecular flexibility index (Phi) is 4.48. The number of anilines is 1. The molecule has 25 heavy (non-hydrogen) atoms. The van der Waals surface area contributed by atoms with Crippen molar-refractivity contribution in [1.29, 1.82) is 0 Å². The van der Waals surface area contributed by atoms with Crippen LogP contribution in [0.3, 0.4) is 0 Å². The van der Waals surface area contributed by atoms with Crippen LogP contribution in [0.1, 0.15) is 16.8 Å². The molecule has 0 fully saturated rings. The van der Waals surface area contributed by atoms with Gasteiger partial charge in [0.2, 0.25) is 0 Å². The number of carbonyl (C=O) groups is 1. The first-order chi connectivity index (χ1) is 11.8. The maximum Gasteiger partial charge on any atom is 0.390 e. The summed E-state index contributed by atoms with van der Waals surface area (Å²) in [4.78, 5) is 14.1. The number of carbonyl (C=O) groups excluding carboxylic acids is 1. The van der Waals surface area contributed by atoms with Gasteiger partial charge in [-0.15, -0.1) is 0 Å². The van der Waals surface area contributed by atoms with E-state index in [4.69, 9.17) is 0 Å². The maximum atomic E-state index is 12.7. The average molecular weight is 347 g/mol. The Labute approximate surface area is 142 Å². The van der Waals surface area contributed by atoms with Crippen LogP contribution >= 0.6 is 0 Å². The van der Waals surface area contributed by atoms with Gasteiger partial charge in [0.1, 0.15) is 0 Å². The molecule has 0 atom stereocenters. The highest BCUT2D eigenvalue weighted by Gasteiger charge is 2.27. The molecule has 0 saturated carbocycles. The number of fused-ring (bicyclic) bond motifs is 1. The van der Waals surface area contributed by atoms with Gasteiger partial charge in [0.25, 0.3) is 5.91 Å². The summed E-state index contributed by atoms with van der Waals surface area (Å²) in [7, 11) is 1.64. The molecule has 0 aliphatic heterocycles. The molecule has 3 rings (SSSR count). The molecule has 0 unspecified atom stereocenters. The molecule has 4 nitrogen and oxygen atoms in total. The monoisotopic (exact) mass is 347 g/mol. The fraction of sp³-hybridized carbons (Fsp3) is 0.222. The number of rotatable bonds is 4. The minimum absolute atomic E-state index is 0.248. The molecule has 0 bridgehead atoms. The highest BCUT2D eigenvalue weighted by molar-refractivity contribution is 6.10. The van der Waals surface area contributed by atoms with E-state index in [-0.39, 0.29) is 18.0 Å². The second-order valence-electron chi connectivity index (χ2n) is 5.72. The second-order valence-corrected chi connectivity index (χ2v) is 5.72. The Morgan fingerprint density at radius 1 is 1.16 bits per heavy atom. The van der Waals surface area contributed by atoms with Crippen molar-refractivity contribution in [1.82, 2.24) is 9.78 Å². The van der Waals surface area contributed by atoms with E-state index in [0.29, 0.717) is 0 Å². The Morgan fingerprint density at radius 3 is 2.64 bits per heavy atom. The van der Waals surface area contributed by atoms with E-state index in [1.165, 1.54) is 17.3 Å². The van der Waals surface area contributed by atoms with Crippen molar-refractivity contribution in [3.63, 3.8) is 0 Å². The van der Waals surface area contributed by atoms with E-state index in [2.05, 4.69) is 5.10 Å². The summed E-state index contributed by atoms with van der Waals surface area (Å²) in [5.74, 6) is -0.324. The van der Waals surface area contributed by atoms with Crippen molar-refractivity contribution in [2.45, 2.75) is 19.1 Å². The molecule has 1 aromatic heterocycles. The average Bonchev–Trinajstić information content (AvgIpc) is 3.06. The van der Waals surface area contributed by atoms with Crippen LogP contribution in [0.15, 0.2) is 54.9 Å². The van der Waals surface area contributed by atoms with E-state index < -0.39 is 12.6 Å². The van der Waals surface area contributed by atoms with E-state index in [9.17, 15) is 18.0 Å². The normalized spacial score (nSPS) is 11.7. The first-order valence-electron chi connectivity index (χ1n) is 7.70. The third-order valence-corrected chi connectivity index (χ3v) is 3.94. The quantitative estimate of drug-likeness (QED) is 0.707. The van der Waals surface area contributed by atoms with E-state index in [1.54, 1.807) is 7.05 Å². The molecule has 0 N–H and O–H groups in total. The number of hydrogen-bond donors (Lipinski definition) is 0. The van der Waals surface area contributed by atoms with Gasteiger partial charge in [-0.05, 0) is 11.5 Å². The lowest BCUT2D eigenvalue weighted by molar-refractivity contribution is -0.137. The summed E-state index contributed by atoms with van der Waals surface area (Å²) >= 11 is 0. The van der Waals surface area contributed by atoms with Gasteiger partial charge in [0, 0.05) is 25.2 Å². The summed E-state index contributed by atoms with van der Waals surface area (Å²) in [6.45, 7) is -0.311. The highest BCUT2D eigenvalue weighted by Crippen LogP contribution is 2.27. The third-order valence-electron chi connectivity index (χ3n) is 3.94. The molecule has 0 aliphatic rings. The molecule has 1 heterocycles. The van der Waals surface area contributed by atoms with Crippen LogP contribution in [-0.4, -0.2) is 28.9 Å². The highest BCUT2D eigenvalue weighted by atomic mass is 19.4. The van der Waals surface area contributed by atoms with Crippen molar-refractivity contribution in [3.8, 4) is 0 Å². The van der Waals surface area contributed by atoms with Gasteiger partial charge in [0.15, 0.2) is 0 Å². The Morgan fingerprint density at radius 2 is 1.88 bits per heavy atom. The molecule has 0 aliphatic carbocycles. The number of alkyl halides is 3. The lowest BCUT2D eigenvalue weighted by Gasteiger charge is -2.18. The number of nitrogens with zero attached hydrogens (tertiary/aromatic N) is 3. The maximum absolute atomic E-state index is 12.7. The zero-order valence-corrected chi connectivity index (χ0v) is 13.5. The minimum atomic E-state index is -4.25. The molecule has 0 spiro atoms. The molecule has 7 heteroatoms. The van der Waals surface area contributed by atoms with Gasteiger partial charge in [-0.3, -0.25) is 9.48 Å². The number of hydrogen-bond acceptors (Lipinski definition) is 2. The van der Waals surface area contributed by atoms with Gasteiger partial charge in [-0.2, -0.15) is 18.3 Å². The fourth-order valence-corrected chi connectivity index (χ4v) is 2.64. The first kappa shape index (κ1) is 17.0. The van der Waals surface area contributed by atoms with Crippen LogP contribution in [0, 0.1) is 0 Å². The van der Waals surface area contributed by atoms with Crippen molar-refractivity contribution < 1.29 is 18.0 Å². The van der Waals surface area contributed by atoms with Crippen LogP contribution in [0.2, 0.25) is 0 Å². The lowest BCUT2D eigenvalue weighted by Crippen LogP contribution is -2.26. The van der Waals surface area contributed by atoms with Gasteiger partial charge in [0.05, 0.1) is 23.9 Å². The number of benzene rings is 2. The Hall–Kier alpha value is -2.83.